The van der Waals surface area contributed by atoms with Crippen LogP contribution in [0.15, 0.2) is 24.3 Å². The summed E-state index contributed by atoms with van der Waals surface area (Å²) in [6, 6.07) is 7.26. The van der Waals surface area contributed by atoms with E-state index in [1.165, 1.54) is 44.9 Å². The summed E-state index contributed by atoms with van der Waals surface area (Å²) in [5.74, 6) is 0.832. The van der Waals surface area contributed by atoms with Crippen molar-refractivity contribution in [3.8, 4) is 5.75 Å². The molecule has 0 aliphatic rings. The van der Waals surface area contributed by atoms with E-state index in [-0.39, 0.29) is 12.1 Å². The van der Waals surface area contributed by atoms with Crippen LogP contribution in [0.3, 0.4) is 0 Å². The van der Waals surface area contributed by atoms with E-state index in [2.05, 4.69) is 17.6 Å². The zero-order valence-electron chi connectivity index (χ0n) is 20.3. The lowest BCUT2D eigenvalue weighted by Crippen LogP contribution is -2.30. The first kappa shape index (κ1) is 28.2. The van der Waals surface area contributed by atoms with Gasteiger partial charge in [-0.25, -0.2) is 4.79 Å². The molecule has 0 aliphatic heterocycles. The third kappa shape index (κ3) is 15.1. The first-order chi connectivity index (χ1) is 15.7. The Hall–Kier alpha value is -1.83. The first-order valence-electron chi connectivity index (χ1n) is 12.1. The highest BCUT2D eigenvalue weighted by Gasteiger charge is 2.06. The summed E-state index contributed by atoms with van der Waals surface area (Å²) in [7, 11) is 3.27. The molecule has 0 unspecified atom stereocenters. The lowest BCUT2D eigenvalue weighted by Gasteiger charge is -2.14. The van der Waals surface area contributed by atoms with Gasteiger partial charge in [0, 0.05) is 33.1 Å². The summed E-state index contributed by atoms with van der Waals surface area (Å²) in [5.41, 5.74) is 0.737. The Morgan fingerprint density at radius 2 is 1.56 bits per heavy atom. The predicted octanol–water partition coefficient (Wildman–Crippen LogP) is 5.40. The Balaban J connectivity index is 2.06. The highest BCUT2D eigenvalue weighted by molar-refractivity contribution is 5.89. The van der Waals surface area contributed by atoms with Crippen molar-refractivity contribution in [1.29, 1.82) is 0 Å². The van der Waals surface area contributed by atoms with E-state index >= 15 is 0 Å². The molecule has 0 saturated carbocycles. The van der Waals surface area contributed by atoms with E-state index in [1.54, 1.807) is 14.2 Å². The van der Waals surface area contributed by atoms with Gasteiger partial charge in [0.25, 0.3) is 0 Å². The second kappa shape index (κ2) is 19.8. The largest absolute Gasteiger partial charge is 0.494 e. The lowest BCUT2D eigenvalue weighted by atomic mass is 10.1. The monoisotopic (exact) mass is 452 g/mol. The second-order valence-electron chi connectivity index (χ2n) is 7.97. The standard InChI is InChI=1S/C25H44N2O5/c1-4-5-6-7-8-9-10-11-19-32-23-15-13-22(14-16-23)27-25(28)26-17-12-18-31-21-24(30-3)20-29-2/h13-16,24H,4-12,17-21H2,1-3H3,(H2,26,27,28)/t24-/m0/s1. The number of unbranched alkanes of at least 4 members (excludes halogenated alkanes) is 7. The Morgan fingerprint density at radius 3 is 2.22 bits per heavy atom. The molecule has 0 radical (unpaired) electrons. The maximum Gasteiger partial charge on any atom is 0.319 e. The zero-order valence-corrected chi connectivity index (χ0v) is 20.3. The number of anilines is 1. The van der Waals surface area contributed by atoms with Gasteiger partial charge in [0.05, 0.1) is 19.8 Å². The van der Waals surface area contributed by atoms with Gasteiger partial charge < -0.3 is 29.6 Å². The van der Waals surface area contributed by atoms with Crippen molar-refractivity contribution in [3.05, 3.63) is 24.3 Å². The Kier molecular flexibility index (Phi) is 17.5. The molecule has 1 aromatic rings. The zero-order chi connectivity index (χ0) is 23.3. The molecule has 2 amide bonds. The molecule has 0 heterocycles. The molecule has 32 heavy (non-hydrogen) atoms. The quantitative estimate of drug-likeness (QED) is 0.259. The summed E-state index contributed by atoms with van der Waals surface area (Å²) in [5, 5.41) is 5.65. The molecule has 2 N–H and O–H groups in total. The maximum absolute atomic E-state index is 12.0. The van der Waals surface area contributed by atoms with Gasteiger partial charge in [-0.2, -0.15) is 0 Å². The van der Waals surface area contributed by atoms with Crippen LogP contribution < -0.4 is 15.4 Å². The van der Waals surface area contributed by atoms with E-state index in [0.29, 0.717) is 26.4 Å². The number of carbonyl (C=O) groups excluding carboxylic acids is 1. The number of amides is 2. The van der Waals surface area contributed by atoms with Gasteiger partial charge in [-0.3, -0.25) is 0 Å². The number of methoxy groups -OCH3 is 2. The second-order valence-corrected chi connectivity index (χ2v) is 7.97. The number of hydrogen-bond acceptors (Lipinski definition) is 5. The van der Waals surface area contributed by atoms with Crippen molar-refractivity contribution < 1.29 is 23.7 Å². The number of urea groups is 1. The van der Waals surface area contributed by atoms with E-state index in [9.17, 15) is 4.79 Å². The Labute approximate surface area is 194 Å². The maximum atomic E-state index is 12.0. The number of ether oxygens (including phenoxy) is 4. The number of nitrogens with one attached hydrogen (secondary N) is 2. The van der Waals surface area contributed by atoms with Gasteiger partial charge in [-0.15, -0.1) is 0 Å². The Bertz CT molecular complexity index is 568. The average molecular weight is 453 g/mol. The fraction of sp³-hybridized carbons (Fsp3) is 0.720. The summed E-state index contributed by atoms with van der Waals surface area (Å²) >= 11 is 0. The molecule has 0 aliphatic carbocycles. The molecule has 7 nitrogen and oxygen atoms in total. The average Bonchev–Trinajstić information content (AvgIpc) is 2.80. The third-order valence-electron chi connectivity index (χ3n) is 5.12. The fourth-order valence-electron chi connectivity index (χ4n) is 3.20. The molecule has 0 saturated heterocycles. The molecule has 184 valence electrons. The summed E-state index contributed by atoms with van der Waals surface area (Å²) in [6.45, 7) is 5.05. The number of benzene rings is 1. The first-order valence-corrected chi connectivity index (χ1v) is 12.1. The van der Waals surface area contributed by atoms with Gasteiger partial charge in [-0.05, 0) is 37.1 Å². The van der Waals surface area contributed by atoms with Crippen LogP contribution in [0.25, 0.3) is 0 Å². The van der Waals surface area contributed by atoms with E-state index in [1.807, 2.05) is 24.3 Å². The highest BCUT2D eigenvalue weighted by Crippen LogP contribution is 2.16. The SMILES string of the molecule is CCCCCCCCCCOc1ccc(NC(=O)NCCCOC[C@H](COC)OC)cc1. The van der Waals surface area contributed by atoms with Crippen LogP contribution in [0, 0.1) is 0 Å². The van der Waals surface area contributed by atoms with Crippen molar-refractivity contribution in [2.24, 2.45) is 0 Å². The van der Waals surface area contributed by atoms with Crippen LogP contribution in [0.4, 0.5) is 10.5 Å². The normalized spacial score (nSPS) is 11.8. The minimum Gasteiger partial charge on any atom is -0.494 e. The van der Waals surface area contributed by atoms with Crippen LogP contribution in [0.2, 0.25) is 0 Å². The number of carbonyl (C=O) groups is 1. The van der Waals surface area contributed by atoms with E-state index in [4.69, 9.17) is 18.9 Å². The molecule has 0 bridgehead atoms. The van der Waals surface area contributed by atoms with Gasteiger partial charge in [0.15, 0.2) is 0 Å². The van der Waals surface area contributed by atoms with Gasteiger partial charge in [-0.1, -0.05) is 51.9 Å². The smallest absolute Gasteiger partial charge is 0.319 e. The molecule has 1 aromatic carbocycles. The van der Waals surface area contributed by atoms with Gasteiger partial charge in [0.1, 0.15) is 11.9 Å². The summed E-state index contributed by atoms with van der Waals surface area (Å²) < 4.78 is 21.6. The molecule has 0 fully saturated rings. The minimum atomic E-state index is -0.230. The highest BCUT2D eigenvalue weighted by atomic mass is 16.5. The van der Waals surface area contributed by atoms with Crippen molar-refractivity contribution in [1.82, 2.24) is 5.32 Å². The predicted molar refractivity (Wildman–Crippen MR) is 130 cm³/mol. The van der Waals surface area contributed by atoms with Crippen LogP contribution in [0.1, 0.15) is 64.7 Å². The minimum absolute atomic E-state index is 0.0662. The molecule has 1 atom stereocenters. The molecular weight excluding hydrogens is 408 g/mol. The van der Waals surface area contributed by atoms with Gasteiger partial charge in [0.2, 0.25) is 0 Å². The molecule has 0 spiro atoms. The topological polar surface area (TPSA) is 78.1 Å². The summed E-state index contributed by atoms with van der Waals surface area (Å²) in [4.78, 5) is 12.0. The van der Waals surface area contributed by atoms with Crippen molar-refractivity contribution in [3.63, 3.8) is 0 Å². The van der Waals surface area contributed by atoms with Crippen LogP contribution in [-0.4, -0.2) is 59.3 Å². The molecule has 7 heteroatoms. The third-order valence-corrected chi connectivity index (χ3v) is 5.12. The van der Waals surface area contributed by atoms with Crippen LogP contribution >= 0.6 is 0 Å². The van der Waals surface area contributed by atoms with Crippen LogP contribution in [0.5, 0.6) is 5.75 Å². The van der Waals surface area contributed by atoms with Gasteiger partial charge >= 0.3 is 6.03 Å². The van der Waals surface area contributed by atoms with Crippen molar-refractivity contribution in [2.75, 3.05) is 52.5 Å². The fourth-order valence-corrected chi connectivity index (χ4v) is 3.20. The Morgan fingerprint density at radius 1 is 0.875 bits per heavy atom. The molecule has 1 rings (SSSR count). The van der Waals surface area contributed by atoms with Crippen LogP contribution in [-0.2, 0) is 14.2 Å². The lowest BCUT2D eigenvalue weighted by molar-refractivity contribution is -0.0304. The number of hydrogen-bond donors (Lipinski definition) is 2. The van der Waals surface area contributed by atoms with E-state index < -0.39 is 0 Å². The molecular formula is C25H44N2O5. The van der Waals surface area contributed by atoms with Crippen molar-refractivity contribution >= 4 is 11.7 Å². The van der Waals surface area contributed by atoms with Crippen molar-refractivity contribution in [2.45, 2.75) is 70.8 Å². The van der Waals surface area contributed by atoms with E-state index in [0.717, 1.165) is 30.9 Å². The summed E-state index contributed by atoms with van der Waals surface area (Å²) in [6.07, 6.45) is 11.0. The molecule has 0 aromatic heterocycles. The number of rotatable bonds is 20.